The first-order chi connectivity index (χ1) is 8.00. The van der Waals surface area contributed by atoms with Crippen molar-refractivity contribution in [2.75, 3.05) is 0 Å². The molecule has 2 rings (SSSR count). The molecule has 0 fully saturated rings. The molecule has 0 saturated heterocycles. The van der Waals surface area contributed by atoms with E-state index in [1.807, 2.05) is 17.7 Å². The van der Waals surface area contributed by atoms with Crippen molar-refractivity contribution in [3.05, 3.63) is 54.9 Å². The monoisotopic (exact) mass is 334 g/mol. The molecule has 0 radical (unpaired) electrons. The van der Waals surface area contributed by atoms with E-state index in [-0.39, 0.29) is 5.56 Å². The van der Waals surface area contributed by atoms with Crippen LogP contribution in [0.1, 0.15) is 22.8 Å². The van der Waals surface area contributed by atoms with E-state index in [4.69, 9.17) is 11.6 Å². The lowest BCUT2D eigenvalue weighted by Crippen LogP contribution is -2.03. The first-order valence-electron chi connectivity index (χ1n) is 4.86. The highest BCUT2D eigenvalue weighted by Crippen LogP contribution is 2.33. The molecule has 1 unspecified atom stereocenters. The fourth-order valence-electron chi connectivity index (χ4n) is 1.57. The van der Waals surface area contributed by atoms with Gasteiger partial charge in [0.25, 0.3) is 0 Å². The zero-order valence-electron chi connectivity index (χ0n) is 8.88. The molecule has 2 aromatic rings. The predicted octanol–water partition coefficient (Wildman–Crippen LogP) is 4.69. The third kappa shape index (κ3) is 2.55. The summed E-state index contributed by atoms with van der Waals surface area (Å²) in [5.41, 5.74) is 1.85. The van der Waals surface area contributed by atoms with Crippen LogP contribution in [0.5, 0.6) is 0 Å². The van der Waals surface area contributed by atoms with Gasteiger partial charge in [-0.1, -0.05) is 11.6 Å². The maximum atomic E-state index is 13.8. The SMILES string of the molecule is Cc1cscc1C(O)c1cc(Cl)c(Br)cc1F. The molecule has 0 spiro atoms. The highest BCUT2D eigenvalue weighted by Gasteiger charge is 2.19. The quantitative estimate of drug-likeness (QED) is 0.789. The lowest BCUT2D eigenvalue weighted by Gasteiger charge is -2.13. The topological polar surface area (TPSA) is 20.2 Å². The van der Waals surface area contributed by atoms with Crippen molar-refractivity contribution < 1.29 is 9.50 Å². The smallest absolute Gasteiger partial charge is 0.130 e. The summed E-state index contributed by atoms with van der Waals surface area (Å²) in [5, 5.41) is 14.3. The van der Waals surface area contributed by atoms with Crippen LogP contribution in [0.25, 0.3) is 0 Å². The Morgan fingerprint density at radius 1 is 1.35 bits per heavy atom. The maximum absolute atomic E-state index is 13.8. The minimum Gasteiger partial charge on any atom is -0.384 e. The number of halogens is 3. The first-order valence-corrected chi connectivity index (χ1v) is 6.97. The van der Waals surface area contributed by atoms with Crippen molar-refractivity contribution in [2.24, 2.45) is 0 Å². The second-order valence-corrected chi connectivity index (χ2v) is 5.71. The normalized spacial score (nSPS) is 12.8. The molecule has 17 heavy (non-hydrogen) atoms. The van der Waals surface area contributed by atoms with E-state index in [0.29, 0.717) is 15.1 Å². The maximum Gasteiger partial charge on any atom is 0.130 e. The first kappa shape index (κ1) is 13.0. The molecule has 1 aromatic heterocycles. The van der Waals surface area contributed by atoms with Crippen molar-refractivity contribution in [2.45, 2.75) is 13.0 Å². The van der Waals surface area contributed by atoms with Crippen molar-refractivity contribution in [3.8, 4) is 0 Å². The second kappa shape index (κ2) is 5.06. The van der Waals surface area contributed by atoms with Crippen LogP contribution in [0.3, 0.4) is 0 Å². The predicted molar refractivity (Wildman–Crippen MR) is 72.2 cm³/mol. The summed E-state index contributed by atoms with van der Waals surface area (Å²) in [6, 6.07) is 2.71. The largest absolute Gasteiger partial charge is 0.384 e. The Labute approximate surface area is 116 Å². The van der Waals surface area contributed by atoms with Crippen LogP contribution in [0, 0.1) is 12.7 Å². The highest BCUT2D eigenvalue weighted by atomic mass is 79.9. The van der Waals surface area contributed by atoms with Gasteiger partial charge in [0.2, 0.25) is 0 Å². The van der Waals surface area contributed by atoms with Crippen LogP contribution in [0.15, 0.2) is 27.4 Å². The van der Waals surface area contributed by atoms with Crippen LogP contribution in [-0.4, -0.2) is 5.11 Å². The Morgan fingerprint density at radius 2 is 2.06 bits per heavy atom. The van der Waals surface area contributed by atoms with Crippen molar-refractivity contribution in [1.82, 2.24) is 0 Å². The molecule has 0 bridgehead atoms. The molecule has 1 nitrogen and oxygen atoms in total. The number of benzene rings is 1. The number of rotatable bonds is 2. The molecule has 0 aliphatic carbocycles. The van der Waals surface area contributed by atoms with E-state index in [0.717, 1.165) is 5.56 Å². The van der Waals surface area contributed by atoms with E-state index in [1.165, 1.54) is 23.5 Å². The number of aliphatic hydroxyl groups is 1. The molecule has 1 atom stereocenters. The van der Waals surface area contributed by atoms with Crippen LogP contribution < -0.4 is 0 Å². The molecular formula is C12H9BrClFOS. The van der Waals surface area contributed by atoms with Gasteiger partial charge in [-0.05, 0) is 56.9 Å². The fraction of sp³-hybridized carbons (Fsp3) is 0.167. The molecule has 1 aromatic carbocycles. The molecule has 0 aliphatic rings. The Bertz CT molecular complexity index is 555. The molecule has 5 heteroatoms. The average molecular weight is 336 g/mol. The van der Waals surface area contributed by atoms with Crippen LogP contribution in [0.4, 0.5) is 4.39 Å². The van der Waals surface area contributed by atoms with Crippen molar-refractivity contribution >= 4 is 38.9 Å². The third-order valence-corrected chi connectivity index (χ3v) is 4.60. The van der Waals surface area contributed by atoms with Crippen molar-refractivity contribution in [1.29, 1.82) is 0 Å². The van der Waals surface area contributed by atoms with E-state index in [2.05, 4.69) is 15.9 Å². The van der Waals surface area contributed by atoms with Gasteiger partial charge in [0.15, 0.2) is 0 Å². The van der Waals surface area contributed by atoms with Gasteiger partial charge in [-0.2, -0.15) is 11.3 Å². The van der Waals surface area contributed by atoms with E-state index < -0.39 is 11.9 Å². The van der Waals surface area contributed by atoms with E-state index >= 15 is 0 Å². The van der Waals surface area contributed by atoms with Gasteiger partial charge in [0, 0.05) is 10.0 Å². The fourth-order valence-corrected chi connectivity index (χ4v) is 2.92. The molecule has 0 amide bonds. The number of aryl methyl sites for hydroxylation is 1. The minimum atomic E-state index is -0.980. The average Bonchev–Trinajstić information content (AvgIpc) is 2.69. The van der Waals surface area contributed by atoms with Gasteiger partial charge in [0.1, 0.15) is 11.9 Å². The molecular weight excluding hydrogens is 327 g/mol. The number of hydrogen-bond donors (Lipinski definition) is 1. The summed E-state index contributed by atoms with van der Waals surface area (Å²) < 4.78 is 14.2. The van der Waals surface area contributed by atoms with Gasteiger partial charge in [-0.25, -0.2) is 4.39 Å². The van der Waals surface area contributed by atoms with Gasteiger partial charge in [0.05, 0.1) is 5.02 Å². The number of thiophene rings is 1. The lowest BCUT2D eigenvalue weighted by atomic mass is 10.0. The van der Waals surface area contributed by atoms with Crippen LogP contribution in [0.2, 0.25) is 5.02 Å². The van der Waals surface area contributed by atoms with E-state index in [1.54, 1.807) is 0 Å². The summed E-state index contributed by atoms with van der Waals surface area (Å²) in [5.74, 6) is -0.473. The molecule has 1 N–H and O–H groups in total. The van der Waals surface area contributed by atoms with Crippen LogP contribution >= 0.6 is 38.9 Å². The standard InChI is InChI=1S/C12H9BrClFOS/c1-6-4-17-5-8(6)12(16)7-2-10(14)9(13)3-11(7)15/h2-5,12,16H,1H3. The molecule has 0 saturated carbocycles. The van der Waals surface area contributed by atoms with Gasteiger partial charge in [-0.3, -0.25) is 0 Å². The second-order valence-electron chi connectivity index (χ2n) is 3.70. The summed E-state index contributed by atoms with van der Waals surface area (Å²) in [6.07, 6.45) is -0.980. The number of hydrogen-bond acceptors (Lipinski definition) is 2. The summed E-state index contributed by atoms with van der Waals surface area (Å²) >= 11 is 10.5. The molecule has 0 aliphatic heterocycles. The van der Waals surface area contributed by atoms with Gasteiger partial charge in [-0.15, -0.1) is 0 Å². The van der Waals surface area contributed by atoms with Crippen LogP contribution in [-0.2, 0) is 0 Å². The zero-order valence-corrected chi connectivity index (χ0v) is 12.0. The Kier molecular flexibility index (Phi) is 3.88. The molecule has 1 heterocycles. The van der Waals surface area contributed by atoms with Crippen molar-refractivity contribution in [3.63, 3.8) is 0 Å². The Hall–Kier alpha value is -0.420. The lowest BCUT2D eigenvalue weighted by molar-refractivity contribution is 0.214. The Balaban J connectivity index is 2.48. The third-order valence-electron chi connectivity index (χ3n) is 2.52. The Morgan fingerprint density at radius 3 is 2.65 bits per heavy atom. The number of aliphatic hydroxyl groups excluding tert-OH is 1. The van der Waals surface area contributed by atoms with E-state index in [9.17, 15) is 9.50 Å². The summed E-state index contributed by atoms with van der Waals surface area (Å²) in [6.45, 7) is 1.88. The zero-order chi connectivity index (χ0) is 12.6. The minimum absolute atomic E-state index is 0.194. The van der Waals surface area contributed by atoms with Gasteiger partial charge >= 0.3 is 0 Å². The highest BCUT2D eigenvalue weighted by molar-refractivity contribution is 9.10. The van der Waals surface area contributed by atoms with Gasteiger partial charge < -0.3 is 5.11 Å². The summed E-state index contributed by atoms with van der Waals surface area (Å²) in [4.78, 5) is 0. The summed E-state index contributed by atoms with van der Waals surface area (Å²) in [7, 11) is 0. The molecule has 90 valence electrons.